The van der Waals surface area contributed by atoms with Crippen LogP contribution < -0.4 is 15.8 Å². The number of benzene rings is 1. The van der Waals surface area contributed by atoms with E-state index in [1.54, 1.807) is 25.3 Å². The van der Waals surface area contributed by atoms with Crippen LogP contribution in [0.25, 0.3) is 0 Å². The van der Waals surface area contributed by atoms with Gasteiger partial charge < -0.3 is 20.5 Å². The molecule has 0 fully saturated rings. The van der Waals surface area contributed by atoms with E-state index in [9.17, 15) is 4.79 Å². The van der Waals surface area contributed by atoms with E-state index >= 15 is 0 Å². The highest BCUT2D eigenvalue weighted by Crippen LogP contribution is 2.22. The minimum atomic E-state index is -0.105. The van der Waals surface area contributed by atoms with Crippen molar-refractivity contribution in [2.24, 2.45) is 0 Å². The van der Waals surface area contributed by atoms with Gasteiger partial charge in [0.25, 0.3) is 5.91 Å². The first-order chi connectivity index (χ1) is 9.69. The smallest absolute Gasteiger partial charge is 0.251 e. The van der Waals surface area contributed by atoms with E-state index in [4.69, 9.17) is 15.2 Å². The number of methoxy groups -OCH3 is 1. The van der Waals surface area contributed by atoms with Crippen molar-refractivity contribution in [3.05, 3.63) is 23.8 Å². The maximum atomic E-state index is 11.9. The van der Waals surface area contributed by atoms with Crippen molar-refractivity contribution in [1.29, 1.82) is 0 Å². The molecule has 0 saturated carbocycles. The third kappa shape index (κ3) is 5.48. The number of nitrogens with two attached hydrogens (primary N) is 1. The van der Waals surface area contributed by atoms with Crippen molar-refractivity contribution in [1.82, 2.24) is 5.32 Å². The Labute approximate surface area is 120 Å². The summed E-state index contributed by atoms with van der Waals surface area (Å²) in [5, 5.41) is 2.88. The molecular formula is C15H24N2O3. The number of hydrogen-bond acceptors (Lipinski definition) is 4. The summed E-state index contributed by atoms with van der Waals surface area (Å²) in [5.74, 6) is 0.509. The Bertz CT molecular complexity index is 422. The maximum Gasteiger partial charge on any atom is 0.251 e. The van der Waals surface area contributed by atoms with Crippen molar-refractivity contribution in [3.63, 3.8) is 0 Å². The summed E-state index contributed by atoms with van der Waals surface area (Å²) in [4.78, 5) is 11.9. The van der Waals surface area contributed by atoms with E-state index < -0.39 is 0 Å². The molecule has 0 unspecified atom stereocenters. The zero-order chi connectivity index (χ0) is 14.8. The molecule has 0 aliphatic heterocycles. The number of nitrogens with one attached hydrogen (secondary N) is 1. The molecule has 0 heterocycles. The average molecular weight is 280 g/mol. The molecule has 0 aliphatic carbocycles. The molecule has 0 radical (unpaired) electrons. The molecule has 112 valence electrons. The molecule has 0 aliphatic rings. The standard InChI is InChI=1S/C15H24N2O3/c1-3-20-14-8-7-12(11-13(14)16)15(18)17-9-5-4-6-10-19-2/h7-8,11H,3-6,9-10,16H2,1-2H3,(H,17,18). The Morgan fingerprint density at radius 3 is 2.75 bits per heavy atom. The van der Waals surface area contributed by atoms with Gasteiger partial charge in [-0.3, -0.25) is 4.79 Å². The van der Waals surface area contributed by atoms with E-state index in [0.717, 1.165) is 25.9 Å². The number of amides is 1. The highest BCUT2D eigenvalue weighted by atomic mass is 16.5. The first-order valence-corrected chi connectivity index (χ1v) is 6.98. The van der Waals surface area contributed by atoms with Crippen LogP contribution in [0.3, 0.4) is 0 Å². The summed E-state index contributed by atoms with van der Waals surface area (Å²) < 4.78 is 10.3. The number of carbonyl (C=O) groups is 1. The lowest BCUT2D eigenvalue weighted by atomic mass is 10.1. The van der Waals surface area contributed by atoms with Crippen LogP contribution in [0, 0.1) is 0 Å². The van der Waals surface area contributed by atoms with Gasteiger partial charge in [0.2, 0.25) is 0 Å². The largest absolute Gasteiger partial charge is 0.492 e. The average Bonchev–Trinajstić information content (AvgIpc) is 2.45. The number of carbonyl (C=O) groups excluding carboxylic acids is 1. The van der Waals surface area contributed by atoms with Gasteiger partial charge in [0, 0.05) is 25.8 Å². The van der Waals surface area contributed by atoms with Gasteiger partial charge in [-0.25, -0.2) is 0 Å². The minimum absolute atomic E-state index is 0.105. The summed E-state index contributed by atoms with van der Waals surface area (Å²) in [6.45, 7) is 3.87. The first-order valence-electron chi connectivity index (χ1n) is 6.98. The zero-order valence-electron chi connectivity index (χ0n) is 12.3. The predicted molar refractivity (Wildman–Crippen MR) is 80.1 cm³/mol. The second kappa shape index (κ2) is 9.20. The van der Waals surface area contributed by atoms with Crippen LogP contribution in [0.2, 0.25) is 0 Å². The second-order valence-corrected chi connectivity index (χ2v) is 4.49. The molecule has 1 amide bonds. The van der Waals surface area contributed by atoms with Crippen LogP contribution >= 0.6 is 0 Å². The third-order valence-electron chi connectivity index (χ3n) is 2.88. The predicted octanol–water partition coefficient (Wildman–Crippen LogP) is 2.21. The molecule has 0 aromatic heterocycles. The molecule has 0 spiro atoms. The van der Waals surface area contributed by atoms with Gasteiger partial charge in [-0.2, -0.15) is 0 Å². The molecule has 3 N–H and O–H groups in total. The lowest BCUT2D eigenvalue weighted by Crippen LogP contribution is -2.24. The van der Waals surface area contributed by atoms with Gasteiger partial charge in [0.15, 0.2) is 0 Å². The van der Waals surface area contributed by atoms with E-state index in [1.807, 2.05) is 6.92 Å². The lowest BCUT2D eigenvalue weighted by molar-refractivity contribution is 0.0952. The normalized spacial score (nSPS) is 10.3. The number of rotatable bonds is 9. The van der Waals surface area contributed by atoms with Gasteiger partial charge in [-0.1, -0.05) is 0 Å². The molecule has 1 rings (SSSR count). The second-order valence-electron chi connectivity index (χ2n) is 4.49. The molecule has 5 nitrogen and oxygen atoms in total. The minimum Gasteiger partial charge on any atom is -0.492 e. The van der Waals surface area contributed by atoms with Gasteiger partial charge in [0.1, 0.15) is 5.75 Å². The van der Waals surface area contributed by atoms with E-state index in [-0.39, 0.29) is 5.91 Å². The van der Waals surface area contributed by atoms with Crippen LogP contribution in [0.5, 0.6) is 5.75 Å². The number of ether oxygens (including phenoxy) is 2. The van der Waals surface area contributed by atoms with Crippen LogP contribution in [-0.4, -0.2) is 32.8 Å². The Morgan fingerprint density at radius 1 is 1.30 bits per heavy atom. The summed E-state index contributed by atoms with van der Waals surface area (Å²) >= 11 is 0. The number of anilines is 1. The topological polar surface area (TPSA) is 73.6 Å². The van der Waals surface area contributed by atoms with E-state index in [1.165, 1.54) is 0 Å². The van der Waals surface area contributed by atoms with Crippen molar-refractivity contribution in [3.8, 4) is 5.75 Å². The first kappa shape index (κ1) is 16.3. The van der Waals surface area contributed by atoms with Crippen molar-refractivity contribution in [2.75, 3.05) is 32.6 Å². The number of nitrogen functional groups attached to an aromatic ring is 1. The highest BCUT2D eigenvalue weighted by Gasteiger charge is 2.08. The lowest BCUT2D eigenvalue weighted by Gasteiger charge is -2.09. The van der Waals surface area contributed by atoms with Crippen molar-refractivity contribution < 1.29 is 14.3 Å². The van der Waals surface area contributed by atoms with E-state index in [2.05, 4.69) is 5.32 Å². The van der Waals surface area contributed by atoms with Crippen LogP contribution in [-0.2, 0) is 4.74 Å². The highest BCUT2D eigenvalue weighted by molar-refractivity contribution is 5.95. The summed E-state index contributed by atoms with van der Waals surface area (Å²) in [5.41, 5.74) is 6.88. The fraction of sp³-hybridized carbons (Fsp3) is 0.533. The summed E-state index contributed by atoms with van der Waals surface area (Å²) in [6, 6.07) is 5.10. The van der Waals surface area contributed by atoms with Gasteiger partial charge in [-0.15, -0.1) is 0 Å². The Morgan fingerprint density at radius 2 is 2.10 bits per heavy atom. The fourth-order valence-electron chi connectivity index (χ4n) is 1.83. The molecule has 20 heavy (non-hydrogen) atoms. The molecule has 1 aromatic rings. The maximum absolute atomic E-state index is 11.9. The summed E-state index contributed by atoms with van der Waals surface area (Å²) in [6.07, 6.45) is 3.00. The van der Waals surface area contributed by atoms with Crippen LogP contribution in [0.1, 0.15) is 36.5 Å². The Balaban J connectivity index is 2.38. The number of unbranched alkanes of at least 4 members (excludes halogenated alkanes) is 2. The number of hydrogen-bond donors (Lipinski definition) is 2. The molecule has 0 saturated heterocycles. The van der Waals surface area contributed by atoms with Gasteiger partial charge in [-0.05, 0) is 44.4 Å². The Hall–Kier alpha value is -1.75. The van der Waals surface area contributed by atoms with Crippen molar-refractivity contribution in [2.45, 2.75) is 26.2 Å². The molecular weight excluding hydrogens is 256 g/mol. The Kier molecular flexibility index (Phi) is 7.50. The third-order valence-corrected chi connectivity index (χ3v) is 2.88. The van der Waals surface area contributed by atoms with E-state index in [0.29, 0.717) is 30.2 Å². The van der Waals surface area contributed by atoms with Gasteiger partial charge in [0.05, 0.1) is 12.3 Å². The van der Waals surface area contributed by atoms with Crippen LogP contribution in [0.15, 0.2) is 18.2 Å². The molecule has 5 heteroatoms. The SMILES string of the molecule is CCOc1ccc(C(=O)NCCCCCOC)cc1N. The van der Waals surface area contributed by atoms with Crippen molar-refractivity contribution >= 4 is 11.6 Å². The quantitative estimate of drug-likeness (QED) is 0.537. The monoisotopic (exact) mass is 280 g/mol. The molecule has 1 aromatic carbocycles. The molecule has 0 atom stereocenters. The van der Waals surface area contributed by atoms with Crippen LogP contribution in [0.4, 0.5) is 5.69 Å². The summed E-state index contributed by atoms with van der Waals surface area (Å²) in [7, 11) is 1.69. The zero-order valence-corrected chi connectivity index (χ0v) is 12.3. The molecule has 0 bridgehead atoms. The van der Waals surface area contributed by atoms with Gasteiger partial charge >= 0.3 is 0 Å². The fourth-order valence-corrected chi connectivity index (χ4v) is 1.83.